The molecule has 0 unspecified atom stereocenters. The van der Waals surface area contributed by atoms with Crippen LogP contribution in [0.15, 0.2) is 132 Å². The number of carbonyl (C=O) groups excluding carboxylic acids is 1. The Kier molecular flexibility index (Phi) is 10.1. The molecule has 4 rings (SSSR count). The molecule has 0 heterocycles. The molecule has 0 bridgehead atoms. The van der Waals surface area contributed by atoms with Gasteiger partial charge in [-0.2, -0.15) is 10.2 Å². The summed E-state index contributed by atoms with van der Waals surface area (Å²) in [5, 5.41) is 10.7. The molecule has 0 spiro atoms. The van der Waals surface area contributed by atoms with Crippen LogP contribution in [0.25, 0.3) is 0 Å². The van der Waals surface area contributed by atoms with E-state index in [1.165, 1.54) is 0 Å². The van der Waals surface area contributed by atoms with Gasteiger partial charge in [0, 0.05) is 23.4 Å². The summed E-state index contributed by atoms with van der Waals surface area (Å²) in [6.45, 7) is 13.7. The molecule has 42 heavy (non-hydrogen) atoms. The molecule has 4 aromatic carbocycles. The zero-order valence-electron chi connectivity index (χ0n) is 25.7. The van der Waals surface area contributed by atoms with Gasteiger partial charge in [-0.15, -0.1) is 0 Å². The number of nitrogens with zero attached hydrogens (tertiary/aromatic N) is 4. The maximum absolute atomic E-state index is 13.6. The fourth-order valence-corrected chi connectivity index (χ4v) is 7.36. The highest BCUT2D eigenvalue weighted by molar-refractivity contribution is 6.80. The number of ketones is 1. The van der Waals surface area contributed by atoms with Crippen LogP contribution >= 0.6 is 0 Å². The zero-order valence-corrected chi connectivity index (χ0v) is 27.7. The minimum atomic E-state index is -1.97. The van der Waals surface area contributed by atoms with E-state index in [2.05, 4.69) is 97.2 Å². The summed E-state index contributed by atoms with van der Waals surface area (Å²) in [6.07, 6.45) is 0.659. The van der Waals surface area contributed by atoms with Crippen molar-refractivity contribution in [2.24, 2.45) is 10.2 Å². The number of hydrazone groups is 2. The van der Waals surface area contributed by atoms with Gasteiger partial charge in [0.15, 0.2) is 22.3 Å². The standard InChI is InChI=1S/C35H42N4OSi2/c1-41(2,3)38(32-23-15-9-16-24-32)36-31(28-35(40)30-21-13-8-14-22-30)27-34(29-19-11-7-12-20-29)37-39(42(4,5)6)33-25-17-10-18-26-33/h7-26H,27-28H2,1-6H3. The summed E-state index contributed by atoms with van der Waals surface area (Å²) >= 11 is 0. The Morgan fingerprint density at radius 1 is 0.524 bits per heavy atom. The van der Waals surface area contributed by atoms with Gasteiger partial charge in [0.05, 0.1) is 17.8 Å². The van der Waals surface area contributed by atoms with Crippen molar-refractivity contribution < 1.29 is 4.79 Å². The minimum Gasteiger partial charge on any atom is -0.295 e. The number of rotatable bonds is 12. The SMILES string of the molecule is C[Si](C)(C)N(N=C(CC(=O)c1ccccc1)CC(=NN(c1ccccc1)[Si](C)(C)C)c1ccccc1)c1ccccc1. The number of anilines is 2. The van der Waals surface area contributed by atoms with Gasteiger partial charge in [0.2, 0.25) is 0 Å². The first-order valence-corrected chi connectivity index (χ1v) is 21.4. The smallest absolute Gasteiger partial charge is 0.176 e. The molecule has 0 fully saturated rings. The molecule has 0 aliphatic heterocycles. The summed E-state index contributed by atoms with van der Waals surface area (Å²) in [5.41, 5.74) is 5.50. The van der Waals surface area contributed by atoms with Crippen LogP contribution in [-0.2, 0) is 0 Å². The minimum absolute atomic E-state index is 0.0514. The van der Waals surface area contributed by atoms with Gasteiger partial charge >= 0.3 is 0 Å². The Bertz CT molecular complexity index is 1500. The highest BCUT2D eigenvalue weighted by Gasteiger charge is 2.28. The number of hydrogen-bond acceptors (Lipinski definition) is 5. The predicted molar refractivity (Wildman–Crippen MR) is 185 cm³/mol. The Hall–Kier alpha value is -4.08. The molecule has 0 saturated heterocycles. The van der Waals surface area contributed by atoms with Crippen LogP contribution in [0.2, 0.25) is 39.3 Å². The molecule has 0 amide bonds. The molecular formula is C35H42N4OSi2. The van der Waals surface area contributed by atoms with Gasteiger partial charge in [-0.1, -0.05) is 97.1 Å². The topological polar surface area (TPSA) is 48.3 Å². The molecule has 0 saturated carbocycles. The van der Waals surface area contributed by atoms with Gasteiger partial charge in [-0.3, -0.25) is 14.1 Å². The second-order valence-electron chi connectivity index (χ2n) is 12.4. The highest BCUT2D eigenvalue weighted by Crippen LogP contribution is 2.26. The van der Waals surface area contributed by atoms with Crippen molar-refractivity contribution in [1.29, 1.82) is 0 Å². The van der Waals surface area contributed by atoms with Crippen LogP contribution in [0.1, 0.15) is 28.8 Å². The van der Waals surface area contributed by atoms with Crippen LogP contribution in [0.3, 0.4) is 0 Å². The second-order valence-corrected chi connectivity index (χ2v) is 21.9. The molecular weight excluding hydrogens is 549 g/mol. The first kappa shape index (κ1) is 30.9. The van der Waals surface area contributed by atoms with Crippen LogP contribution in [0.5, 0.6) is 0 Å². The first-order valence-electron chi connectivity index (χ1n) is 14.5. The number of carbonyl (C=O) groups is 1. The maximum Gasteiger partial charge on any atom is 0.176 e. The maximum atomic E-state index is 13.6. The van der Waals surface area contributed by atoms with E-state index in [-0.39, 0.29) is 12.2 Å². The molecule has 0 radical (unpaired) electrons. The van der Waals surface area contributed by atoms with E-state index >= 15 is 0 Å². The fraction of sp³-hybridized carbons (Fsp3) is 0.229. The molecule has 0 aromatic heterocycles. The molecule has 5 nitrogen and oxygen atoms in total. The molecule has 0 atom stereocenters. The summed E-state index contributed by atoms with van der Waals surface area (Å²) in [4.78, 5) is 13.6. The monoisotopic (exact) mass is 590 g/mol. The fourth-order valence-electron chi connectivity index (χ4n) is 4.65. The van der Waals surface area contributed by atoms with Crippen LogP contribution in [-0.4, -0.2) is 33.7 Å². The number of Topliss-reactive ketones (excluding diaryl/α,β-unsaturated/α-hetero) is 1. The normalized spacial score (nSPS) is 12.6. The van der Waals surface area contributed by atoms with E-state index < -0.39 is 16.5 Å². The van der Waals surface area contributed by atoms with Gasteiger partial charge in [-0.05, 0) is 69.1 Å². The molecule has 0 N–H and O–H groups in total. The number of hydrogen-bond donors (Lipinski definition) is 0. The van der Waals surface area contributed by atoms with E-state index in [1.807, 2.05) is 72.8 Å². The largest absolute Gasteiger partial charge is 0.295 e. The number of para-hydroxylation sites is 2. The van der Waals surface area contributed by atoms with Crippen LogP contribution < -0.4 is 9.35 Å². The summed E-state index contributed by atoms with van der Waals surface area (Å²) in [5.74, 6) is 0.0514. The Morgan fingerprint density at radius 2 is 0.905 bits per heavy atom. The third-order valence-electron chi connectivity index (χ3n) is 6.67. The first-order chi connectivity index (χ1) is 20.0. The van der Waals surface area contributed by atoms with Crippen molar-refractivity contribution in [1.82, 2.24) is 0 Å². The van der Waals surface area contributed by atoms with Gasteiger partial charge < -0.3 is 0 Å². The molecule has 0 aliphatic carbocycles. The lowest BCUT2D eigenvalue weighted by Gasteiger charge is -2.33. The Balaban J connectivity index is 1.86. The van der Waals surface area contributed by atoms with E-state index in [1.54, 1.807) is 0 Å². The molecule has 216 valence electrons. The van der Waals surface area contributed by atoms with Crippen molar-refractivity contribution in [3.8, 4) is 0 Å². The van der Waals surface area contributed by atoms with E-state index in [0.717, 1.165) is 28.4 Å². The second kappa shape index (κ2) is 13.7. The van der Waals surface area contributed by atoms with Crippen molar-refractivity contribution in [2.45, 2.75) is 52.1 Å². The highest BCUT2D eigenvalue weighted by atomic mass is 28.3. The molecule has 7 heteroatoms. The lowest BCUT2D eigenvalue weighted by molar-refractivity contribution is 0.100. The van der Waals surface area contributed by atoms with Crippen molar-refractivity contribution >= 4 is 45.1 Å². The zero-order chi connectivity index (χ0) is 30.2. The third-order valence-corrected chi connectivity index (χ3v) is 9.93. The van der Waals surface area contributed by atoms with Gasteiger partial charge in [-0.25, -0.2) is 0 Å². The summed E-state index contributed by atoms with van der Waals surface area (Å²) in [7, 11) is -3.91. The molecule has 0 aliphatic rings. The molecule has 4 aromatic rings. The lowest BCUT2D eigenvalue weighted by atomic mass is 9.99. The van der Waals surface area contributed by atoms with Crippen molar-refractivity contribution in [3.63, 3.8) is 0 Å². The Morgan fingerprint density at radius 3 is 1.33 bits per heavy atom. The third kappa shape index (κ3) is 8.47. The Labute approximate surface area is 253 Å². The lowest BCUT2D eigenvalue weighted by Crippen LogP contribution is -2.44. The van der Waals surface area contributed by atoms with Gasteiger partial charge in [0.25, 0.3) is 0 Å². The van der Waals surface area contributed by atoms with E-state index in [0.29, 0.717) is 12.0 Å². The summed E-state index contributed by atoms with van der Waals surface area (Å²) in [6, 6.07) is 40.4. The average Bonchev–Trinajstić information content (AvgIpc) is 2.98. The average molecular weight is 591 g/mol. The number of benzene rings is 4. The van der Waals surface area contributed by atoms with Crippen molar-refractivity contribution in [2.75, 3.05) is 9.35 Å². The van der Waals surface area contributed by atoms with Crippen LogP contribution in [0.4, 0.5) is 11.4 Å². The van der Waals surface area contributed by atoms with E-state index in [9.17, 15) is 4.79 Å². The van der Waals surface area contributed by atoms with Crippen molar-refractivity contribution in [3.05, 3.63) is 132 Å². The van der Waals surface area contributed by atoms with Gasteiger partial charge in [0.1, 0.15) is 0 Å². The quantitative estimate of drug-likeness (QED) is 0.0715. The van der Waals surface area contributed by atoms with Crippen LogP contribution in [0, 0.1) is 0 Å². The van der Waals surface area contributed by atoms with E-state index in [4.69, 9.17) is 10.2 Å². The summed E-state index contributed by atoms with van der Waals surface area (Å²) < 4.78 is 4.37. The predicted octanol–water partition coefficient (Wildman–Crippen LogP) is 9.09.